The third kappa shape index (κ3) is 10.6. The molecule has 0 spiro atoms. The van der Waals surface area contributed by atoms with E-state index in [1.165, 1.54) is 0 Å². The van der Waals surface area contributed by atoms with Gasteiger partial charge < -0.3 is 23.7 Å². The van der Waals surface area contributed by atoms with E-state index in [4.69, 9.17) is 23.7 Å². The van der Waals surface area contributed by atoms with Gasteiger partial charge in [0.05, 0.1) is 6.61 Å². The Morgan fingerprint density at radius 3 is 1.67 bits per heavy atom. The fourth-order valence-corrected chi connectivity index (χ4v) is 4.39. The summed E-state index contributed by atoms with van der Waals surface area (Å²) >= 11 is 1.80. The lowest BCUT2D eigenvalue weighted by atomic mass is 9.99. The largest absolute Gasteiger partial charge is 0.379 e. The second-order valence-electron chi connectivity index (χ2n) is 7.99. The highest BCUT2D eigenvalue weighted by molar-refractivity contribution is 7.99. The molecule has 0 N–H and O–H groups in total. The molecule has 5 nitrogen and oxygen atoms in total. The first-order chi connectivity index (χ1) is 14.7. The zero-order valence-electron chi connectivity index (χ0n) is 20.2. The lowest BCUT2D eigenvalue weighted by Crippen LogP contribution is -2.60. The summed E-state index contributed by atoms with van der Waals surface area (Å²) in [5.41, 5.74) is -0.0516. The van der Waals surface area contributed by atoms with Gasteiger partial charge in [0.2, 0.25) is 0 Å². The van der Waals surface area contributed by atoms with Gasteiger partial charge in [-0.25, -0.2) is 0 Å². The maximum atomic E-state index is 6.54. The van der Waals surface area contributed by atoms with Crippen LogP contribution in [-0.4, -0.2) is 68.6 Å². The van der Waals surface area contributed by atoms with Gasteiger partial charge in [-0.05, 0) is 31.4 Å². The Kier molecular flexibility index (Phi) is 17.6. The van der Waals surface area contributed by atoms with Crippen molar-refractivity contribution in [3.05, 3.63) is 0 Å². The van der Waals surface area contributed by atoms with E-state index in [0.29, 0.717) is 6.61 Å². The summed E-state index contributed by atoms with van der Waals surface area (Å²) < 4.78 is 31.7. The molecule has 2 unspecified atom stereocenters. The summed E-state index contributed by atoms with van der Waals surface area (Å²) in [5.74, 6) is 0.977. The molecule has 1 rings (SSSR count). The lowest BCUT2D eigenvalue weighted by Gasteiger charge is -2.46. The van der Waals surface area contributed by atoms with E-state index in [1.54, 1.807) is 11.8 Å². The molecule has 0 bridgehead atoms. The fraction of sp³-hybridized carbons (Fsp3) is 1.00. The smallest absolute Gasteiger partial charge is 0.132 e. The molecule has 6 heteroatoms. The number of rotatable bonds is 19. The van der Waals surface area contributed by atoms with E-state index in [2.05, 4.69) is 34.6 Å². The Hall–Kier alpha value is 0.150. The Morgan fingerprint density at radius 1 is 0.633 bits per heavy atom. The van der Waals surface area contributed by atoms with E-state index in [9.17, 15) is 0 Å². The van der Waals surface area contributed by atoms with E-state index < -0.39 is 0 Å². The van der Waals surface area contributed by atoms with Gasteiger partial charge in [0.15, 0.2) is 0 Å². The van der Waals surface area contributed by atoms with E-state index in [-0.39, 0.29) is 29.9 Å². The summed E-state index contributed by atoms with van der Waals surface area (Å²) in [6.45, 7) is 14.4. The highest BCUT2D eigenvalue weighted by Gasteiger charge is 2.48. The van der Waals surface area contributed by atoms with Gasteiger partial charge in [-0.3, -0.25) is 0 Å². The molecule has 5 atom stereocenters. The second kappa shape index (κ2) is 18.7. The van der Waals surface area contributed by atoms with Crippen molar-refractivity contribution in [2.24, 2.45) is 0 Å². The fourth-order valence-electron chi connectivity index (χ4n) is 3.42. The average Bonchev–Trinajstić information content (AvgIpc) is 2.75. The molecule has 0 radical (unpaired) electrons. The Morgan fingerprint density at radius 2 is 1.13 bits per heavy atom. The SMILES string of the molecule is CCCCOCC1O[C@@H](SCC)[C@@H](OCCCC)C(OCCCC)[C@H]1OCCCC. The van der Waals surface area contributed by atoms with Crippen LogP contribution in [0.1, 0.15) is 86.0 Å². The molecule has 1 heterocycles. The van der Waals surface area contributed by atoms with Gasteiger partial charge in [-0.2, -0.15) is 0 Å². The van der Waals surface area contributed by atoms with E-state index in [1.807, 2.05) is 0 Å². The Balaban J connectivity index is 2.98. The monoisotopic (exact) mass is 448 g/mol. The Bertz CT molecular complexity index is 385. The number of ether oxygens (including phenoxy) is 5. The highest BCUT2D eigenvalue weighted by atomic mass is 32.2. The standard InChI is InChI=1S/C24H48O5S/c1-6-11-15-25-19-20-21(26-16-12-7-2)22(27-17-13-8-3)23(28-18-14-9-4)24(29-20)30-10-5/h20-24H,6-19H2,1-5H3/t20?,21-,22?,23-,24-/m0/s1. The minimum absolute atomic E-state index is 0.0516. The minimum atomic E-state index is -0.157. The normalized spacial score (nSPS) is 26.9. The van der Waals surface area contributed by atoms with Crippen LogP contribution in [0.4, 0.5) is 0 Å². The summed E-state index contributed by atoms with van der Waals surface area (Å²) in [6.07, 6.45) is 8.15. The topological polar surface area (TPSA) is 46.2 Å². The first kappa shape index (κ1) is 28.2. The molecular weight excluding hydrogens is 400 g/mol. The van der Waals surface area contributed by atoms with Crippen molar-refractivity contribution in [2.75, 3.05) is 38.8 Å². The lowest BCUT2D eigenvalue weighted by molar-refractivity contribution is -0.247. The maximum absolute atomic E-state index is 6.54. The predicted octanol–water partition coefficient (Wildman–Crippen LogP) is 5.84. The molecule has 30 heavy (non-hydrogen) atoms. The van der Waals surface area contributed by atoms with Crippen LogP contribution in [0.2, 0.25) is 0 Å². The van der Waals surface area contributed by atoms with E-state index >= 15 is 0 Å². The van der Waals surface area contributed by atoms with Crippen LogP contribution < -0.4 is 0 Å². The van der Waals surface area contributed by atoms with E-state index in [0.717, 1.165) is 83.5 Å². The van der Waals surface area contributed by atoms with Crippen molar-refractivity contribution in [1.82, 2.24) is 0 Å². The van der Waals surface area contributed by atoms with Gasteiger partial charge >= 0.3 is 0 Å². The first-order valence-corrected chi connectivity index (χ1v) is 13.5. The van der Waals surface area contributed by atoms with Crippen LogP contribution in [0.25, 0.3) is 0 Å². The van der Waals surface area contributed by atoms with Crippen LogP contribution in [0.15, 0.2) is 0 Å². The molecule has 0 aliphatic carbocycles. The molecule has 0 aromatic heterocycles. The molecule has 1 saturated heterocycles. The number of hydrogen-bond donors (Lipinski definition) is 0. The zero-order valence-corrected chi connectivity index (χ0v) is 21.1. The molecule has 180 valence electrons. The first-order valence-electron chi connectivity index (χ1n) is 12.4. The molecule has 1 aliphatic heterocycles. The average molecular weight is 449 g/mol. The van der Waals surface area contributed by atoms with Crippen molar-refractivity contribution in [3.63, 3.8) is 0 Å². The van der Waals surface area contributed by atoms with Crippen molar-refractivity contribution in [1.29, 1.82) is 0 Å². The van der Waals surface area contributed by atoms with Crippen LogP contribution in [0, 0.1) is 0 Å². The van der Waals surface area contributed by atoms with Gasteiger partial charge in [0.1, 0.15) is 29.9 Å². The van der Waals surface area contributed by atoms with Gasteiger partial charge in [0.25, 0.3) is 0 Å². The van der Waals surface area contributed by atoms with Crippen molar-refractivity contribution < 1.29 is 23.7 Å². The minimum Gasteiger partial charge on any atom is -0.379 e. The van der Waals surface area contributed by atoms with Crippen molar-refractivity contribution in [2.45, 2.75) is 116 Å². The summed E-state index contributed by atoms with van der Waals surface area (Å²) in [6, 6.07) is 0. The number of unbranched alkanes of at least 4 members (excludes halogenated alkanes) is 4. The van der Waals surface area contributed by atoms with Crippen LogP contribution in [-0.2, 0) is 23.7 Å². The molecule has 0 aromatic rings. The van der Waals surface area contributed by atoms with Crippen LogP contribution in [0.5, 0.6) is 0 Å². The third-order valence-corrected chi connectivity index (χ3v) is 6.31. The zero-order chi connectivity index (χ0) is 22.0. The number of thioether (sulfide) groups is 1. The van der Waals surface area contributed by atoms with Gasteiger partial charge in [-0.15, -0.1) is 11.8 Å². The summed E-state index contributed by atoms with van der Waals surface area (Å²) in [7, 11) is 0. The molecular formula is C24H48O5S. The quantitative estimate of drug-likeness (QED) is 0.231. The summed E-state index contributed by atoms with van der Waals surface area (Å²) in [4.78, 5) is 0. The van der Waals surface area contributed by atoms with Gasteiger partial charge in [0, 0.05) is 26.4 Å². The Labute approximate surface area is 190 Å². The highest BCUT2D eigenvalue weighted by Crippen LogP contribution is 2.34. The second-order valence-corrected chi connectivity index (χ2v) is 9.37. The number of hydrogen-bond acceptors (Lipinski definition) is 6. The maximum Gasteiger partial charge on any atom is 0.132 e. The van der Waals surface area contributed by atoms with Crippen molar-refractivity contribution >= 4 is 11.8 Å². The molecule has 0 aromatic carbocycles. The third-order valence-electron chi connectivity index (χ3n) is 5.27. The summed E-state index contributed by atoms with van der Waals surface area (Å²) in [5, 5.41) is 0. The molecule has 1 aliphatic rings. The van der Waals surface area contributed by atoms with Crippen molar-refractivity contribution in [3.8, 4) is 0 Å². The molecule has 0 saturated carbocycles. The molecule has 0 amide bonds. The van der Waals surface area contributed by atoms with Gasteiger partial charge in [-0.1, -0.05) is 60.3 Å². The van der Waals surface area contributed by atoms with Crippen LogP contribution in [0.3, 0.4) is 0 Å². The predicted molar refractivity (Wildman–Crippen MR) is 126 cm³/mol. The molecule has 1 fully saturated rings. The van der Waals surface area contributed by atoms with Crippen LogP contribution >= 0.6 is 11.8 Å².